The first kappa shape index (κ1) is 20.4. The van der Waals surface area contributed by atoms with Crippen molar-refractivity contribution in [1.29, 1.82) is 0 Å². The van der Waals surface area contributed by atoms with Gasteiger partial charge in [-0.05, 0) is 30.2 Å². The van der Waals surface area contributed by atoms with Gasteiger partial charge < -0.3 is 31.5 Å². The number of aliphatic carboxylic acids is 2. The summed E-state index contributed by atoms with van der Waals surface area (Å²) in [7, 11) is 2.43. The number of hydrogen-bond acceptors (Lipinski definition) is 8. The Labute approximate surface area is 146 Å². The number of benzene rings is 1. The molecule has 1 aromatic carbocycles. The lowest BCUT2D eigenvalue weighted by Crippen LogP contribution is -2.39. The molecule has 134 valence electrons. The van der Waals surface area contributed by atoms with E-state index < -0.39 is 24.0 Å². The molecule has 0 bridgehead atoms. The zero-order valence-corrected chi connectivity index (χ0v) is 14.3. The fourth-order valence-electron chi connectivity index (χ4n) is 1.68. The largest absolute Gasteiger partial charge is 0.508 e. The first-order chi connectivity index (χ1) is 11.3. The van der Waals surface area contributed by atoms with Crippen molar-refractivity contribution in [2.45, 2.75) is 18.5 Å². The lowest BCUT2D eigenvalue weighted by Gasteiger charge is -2.14. The third kappa shape index (κ3) is 7.30. The van der Waals surface area contributed by atoms with Gasteiger partial charge in [0.1, 0.15) is 23.6 Å². The first-order valence-corrected chi connectivity index (χ1v) is 9.50. The Hall–Kier alpha value is -1.62. The molecule has 0 heterocycles. The van der Waals surface area contributed by atoms with Crippen molar-refractivity contribution in [2.75, 3.05) is 18.1 Å². The van der Waals surface area contributed by atoms with E-state index in [1.54, 1.807) is 0 Å². The predicted octanol–water partition coefficient (Wildman–Crippen LogP) is 0.476. The van der Waals surface area contributed by atoms with E-state index in [9.17, 15) is 24.9 Å². The van der Waals surface area contributed by atoms with Crippen LogP contribution in [-0.4, -0.2) is 62.5 Å². The molecule has 0 saturated heterocycles. The Balaban J connectivity index is 2.37. The number of nitrogens with one attached hydrogen (secondary N) is 1. The van der Waals surface area contributed by atoms with Gasteiger partial charge in [0.2, 0.25) is 0 Å². The predicted molar refractivity (Wildman–Crippen MR) is 93.4 cm³/mol. The molecule has 0 unspecified atom stereocenters. The fourth-order valence-corrected chi connectivity index (χ4v) is 3.98. The lowest BCUT2D eigenvalue weighted by molar-refractivity contribution is -0.139. The Morgan fingerprint density at radius 2 is 1.79 bits per heavy atom. The molecule has 0 spiro atoms. The van der Waals surface area contributed by atoms with Gasteiger partial charge in [-0.15, -0.1) is 0 Å². The van der Waals surface area contributed by atoms with Crippen LogP contribution in [0.3, 0.4) is 0 Å². The van der Waals surface area contributed by atoms with E-state index in [2.05, 4.69) is 5.32 Å². The summed E-state index contributed by atoms with van der Waals surface area (Å²) < 4.78 is 0. The molecule has 1 aromatic rings. The van der Waals surface area contributed by atoms with Gasteiger partial charge in [0.25, 0.3) is 0 Å². The van der Waals surface area contributed by atoms with Crippen molar-refractivity contribution in [3.05, 3.63) is 23.8 Å². The van der Waals surface area contributed by atoms with Crippen molar-refractivity contribution < 1.29 is 30.0 Å². The number of rotatable bonds is 11. The second-order valence-electron chi connectivity index (χ2n) is 4.92. The highest BCUT2D eigenvalue weighted by Gasteiger charge is 2.18. The molecule has 10 heteroatoms. The molecule has 0 aliphatic rings. The number of carboxylic acid groups (broad SMARTS) is 2. The highest BCUT2D eigenvalue weighted by atomic mass is 33.1. The number of hydrogen-bond donors (Lipinski definition) is 6. The number of aromatic hydroxyl groups is 2. The Kier molecular flexibility index (Phi) is 8.76. The first-order valence-electron chi connectivity index (χ1n) is 7.01. The van der Waals surface area contributed by atoms with Crippen LogP contribution in [0.25, 0.3) is 0 Å². The minimum Gasteiger partial charge on any atom is -0.508 e. The van der Waals surface area contributed by atoms with Crippen LogP contribution < -0.4 is 11.1 Å². The van der Waals surface area contributed by atoms with Crippen molar-refractivity contribution in [3.8, 4) is 11.5 Å². The van der Waals surface area contributed by atoms with Gasteiger partial charge in [-0.1, -0.05) is 21.6 Å². The van der Waals surface area contributed by atoms with Crippen LogP contribution in [0.4, 0.5) is 0 Å². The summed E-state index contributed by atoms with van der Waals surface area (Å²) in [6.45, 7) is 0.299. The van der Waals surface area contributed by atoms with Crippen LogP contribution in [0.5, 0.6) is 11.5 Å². The second-order valence-corrected chi connectivity index (χ2v) is 7.47. The Morgan fingerprint density at radius 1 is 1.12 bits per heavy atom. The number of carbonyl (C=O) groups is 2. The average Bonchev–Trinajstić information content (AvgIpc) is 2.52. The van der Waals surface area contributed by atoms with Crippen LogP contribution in [0, 0.1) is 0 Å². The van der Waals surface area contributed by atoms with Crippen LogP contribution in [0.1, 0.15) is 5.56 Å². The molecule has 7 N–H and O–H groups in total. The summed E-state index contributed by atoms with van der Waals surface area (Å²) in [4.78, 5) is 21.8. The summed E-state index contributed by atoms with van der Waals surface area (Å²) in [6, 6.07) is 2.36. The molecule has 1 rings (SSSR count). The highest BCUT2D eigenvalue weighted by molar-refractivity contribution is 8.76. The van der Waals surface area contributed by atoms with Crippen LogP contribution in [-0.2, 0) is 16.0 Å². The normalized spacial score (nSPS) is 13.4. The van der Waals surface area contributed by atoms with Gasteiger partial charge in [0.15, 0.2) is 0 Å². The highest BCUT2D eigenvalue weighted by Crippen LogP contribution is 2.24. The molecule has 24 heavy (non-hydrogen) atoms. The van der Waals surface area contributed by atoms with Gasteiger partial charge in [-0.2, -0.15) is 0 Å². The molecular weight excluding hydrogens is 356 g/mol. The maximum absolute atomic E-state index is 11.2. The zero-order valence-electron chi connectivity index (χ0n) is 12.7. The maximum atomic E-state index is 11.2. The minimum absolute atomic E-state index is 0.0271. The third-order valence-electron chi connectivity index (χ3n) is 3.03. The molecule has 0 radical (unpaired) electrons. The maximum Gasteiger partial charge on any atom is 0.321 e. The van der Waals surface area contributed by atoms with Crippen molar-refractivity contribution in [2.24, 2.45) is 5.73 Å². The molecule has 2 atom stereocenters. The van der Waals surface area contributed by atoms with Crippen molar-refractivity contribution in [3.63, 3.8) is 0 Å². The van der Waals surface area contributed by atoms with E-state index >= 15 is 0 Å². The van der Waals surface area contributed by atoms with E-state index in [-0.39, 0.29) is 23.0 Å². The van der Waals surface area contributed by atoms with Crippen molar-refractivity contribution in [1.82, 2.24) is 5.32 Å². The number of phenolic OH excluding ortho intramolecular Hbond substituents is 2. The topological polar surface area (TPSA) is 153 Å². The molecule has 0 saturated carbocycles. The second kappa shape index (κ2) is 10.3. The average molecular weight is 376 g/mol. The van der Waals surface area contributed by atoms with E-state index in [1.165, 1.54) is 39.8 Å². The quantitative estimate of drug-likeness (QED) is 0.182. The van der Waals surface area contributed by atoms with Crippen LogP contribution in [0.15, 0.2) is 18.2 Å². The fraction of sp³-hybridized carbons (Fsp3) is 0.429. The number of carboxylic acids is 2. The van der Waals surface area contributed by atoms with E-state index in [0.717, 1.165) is 0 Å². The number of nitrogens with two attached hydrogens (primary N) is 1. The zero-order chi connectivity index (χ0) is 18.1. The lowest BCUT2D eigenvalue weighted by atomic mass is 10.1. The van der Waals surface area contributed by atoms with E-state index in [0.29, 0.717) is 18.5 Å². The summed E-state index contributed by atoms with van der Waals surface area (Å²) in [6.07, 6.45) is 0.353. The van der Waals surface area contributed by atoms with Gasteiger partial charge in [0.05, 0.1) is 0 Å². The molecule has 8 nitrogen and oxygen atoms in total. The summed E-state index contributed by atoms with van der Waals surface area (Å²) in [5, 5.41) is 39.7. The van der Waals surface area contributed by atoms with E-state index in [4.69, 9.17) is 10.8 Å². The molecule has 0 fully saturated rings. The molecule has 0 aromatic heterocycles. The molecule has 0 amide bonds. The summed E-state index contributed by atoms with van der Waals surface area (Å²) >= 11 is 0. The Morgan fingerprint density at radius 3 is 2.42 bits per heavy atom. The minimum atomic E-state index is -1.10. The molecule has 0 aliphatic heterocycles. The smallest absolute Gasteiger partial charge is 0.321 e. The standard InChI is InChI=1S/C14H20N2O6S2/c15-10(13(19)20)6-23-24-7-11(14(21)22)16-4-3-8-5-9(17)1-2-12(8)18/h1-2,5,10-11,16-18H,3-4,6-7,15H2,(H,19,20)(H,21,22)/t10-,11-/m0/s1. The van der Waals surface area contributed by atoms with Crippen LogP contribution >= 0.6 is 21.6 Å². The van der Waals surface area contributed by atoms with Gasteiger partial charge >= 0.3 is 11.9 Å². The summed E-state index contributed by atoms with van der Waals surface area (Å²) in [5.74, 6) is -1.64. The SMILES string of the molecule is N[C@@H](CSSC[C@H](NCCc1cc(O)ccc1O)C(=O)O)C(=O)O. The Bertz CT molecular complexity index is 572. The van der Waals surface area contributed by atoms with E-state index in [1.807, 2.05) is 0 Å². The van der Waals surface area contributed by atoms with Crippen LogP contribution in [0.2, 0.25) is 0 Å². The van der Waals surface area contributed by atoms with Gasteiger partial charge in [-0.25, -0.2) is 0 Å². The van der Waals surface area contributed by atoms with Gasteiger partial charge in [0, 0.05) is 18.1 Å². The molecular formula is C14H20N2O6S2. The van der Waals surface area contributed by atoms with Crippen molar-refractivity contribution >= 4 is 33.5 Å². The van der Waals surface area contributed by atoms with Gasteiger partial charge in [-0.3, -0.25) is 9.59 Å². The monoisotopic (exact) mass is 376 g/mol. The number of phenols is 2. The summed E-state index contributed by atoms with van der Waals surface area (Å²) in [5.41, 5.74) is 5.87. The third-order valence-corrected chi connectivity index (χ3v) is 5.48. The molecule has 0 aliphatic carbocycles.